The third kappa shape index (κ3) is 5.22. The second-order valence-electron chi connectivity index (χ2n) is 5.93. The van der Waals surface area contributed by atoms with E-state index in [0.29, 0.717) is 18.1 Å². The molecule has 0 saturated carbocycles. The molecule has 5 nitrogen and oxygen atoms in total. The van der Waals surface area contributed by atoms with E-state index < -0.39 is 0 Å². The number of anilines is 1. The molecule has 0 atom stereocenters. The van der Waals surface area contributed by atoms with Gasteiger partial charge in [-0.15, -0.1) is 0 Å². The van der Waals surface area contributed by atoms with Gasteiger partial charge in [0, 0.05) is 42.7 Å². The monoisotopic (exact) mass is 346 g/mol. The molecule has 1 aromatic heterocycles. The number of rotatable bonds is 6. The molecule has 0 aliphatic carbocycles. The van der Waals surface area contributed by atoms with Crippen LogP contribution >= 0.6 is 11.6 Å². The summed E-state index contributed by atoms with van der Waals surface area (Å²) in [7, 11) is 3.97. The largest absolute Gasteiger partial charge is 0.322 e. The zero-order valence-electron chi connectivity index (χ0n) is 14.3. The summed E-state index contributed by atoms with van der Waals surface area (Å²) in [5, 5.41) is 3.60. The van der Waals surface area contributed by atoms with E-state index in [1.54, 1.807) is 17.3 Å². The molecular weight excluding hydrogens is 324 g/mol. The van der Waals surface area contributed by atoms with Gasteiger partial charge in [0.25, 0.3) is 0 Å². The molecule has 1 N–H and O–H groups in total. The van der Waals surface area contributed by atoms with Gasteiger partial charge in [-0.25, -0.2) is 4.79 Å². The van der Waals surface area contributed by atoms with E-state index in [9.17, 15) is 4.79 Å². The van der Waals surface area contributed by atoms with Gasteiger partial charge in [0.1, 0.15) is 0 Å². The van der Waals surface area contributed by atoms with Gasteiger partial charge in [0.2, 0.25) is 0 Å². The van der Waals surface area contributed by atoms with Gasteiger partial charge in [0.05, 0.1) is 0 Å². The average Bonchev–Trinajstić information content (AvgIpc) is 2.56. The summed E-state index contributed by atoms with van der Waals surface area (Å²) in [5.41, 5.74) is 2.59. The van der Waals surface area contributed by atoms with E-state index >= 15 is 0 Å². The topological polar surface area (TPSA) is 48.5 Å². The van der Waals surface area contributed by atoms with E-state index in [1.807, 2.05) is 56.3 Å². The van der Waals surface area contributed by atoms with Crippen LogP contribution in [0.4, 0.5) is 10.5 Å². The first-order valence-corrected chi connectivity index (χ1v) is 8.20. The number of benzene rings is 1. The zero-order chi connectivity index (χ0) is 17.5. The number of pyridine rings is 1. The van der Waals surface area contributed by atoms with Crippen molar-refractivity contribution in [1.82, 2.24) is 14.8 Å². The number of hydrogen-bond donors (Lipinski definition) is 1. The fraction of sp³-hybridized carbons (Fsp3) is 0.333. The van der Waals surface area contributed by atoms with Crippen molar-refractivity contribution in [3.05, 3.63) is 58.9 Å². The minimum absolute atomic E-state index is 0.147. The molecule has 24 heavy (non-hydrogen) atoms. The fourth-order valence-corrected chi connectivity index (χ4v) is 2.40. The Morgan fingerprint density at radius 2 is 2.00 bits per heavy atom. The second-order valence-corrected chi connectivity index (χ2v) is 6.34. The van der Waals surface area contributed by atoms with Gasteiger partial charge in [-0.3, -0.25) is 4.98 Å². The van der Waals surface area contributed by atoms with Crippen molar-refractivity contribution >= 4 is 23.3 Å². The number of urea groups is 1. The maximum Gasteiger partial charge on any atom is 0.322 e. The van der Waals surface area contributed by atoms with Crippen LogP contribution in [0.3, 0.4) is 0 Å². The van der Waals surface area contributed by atoms with E-state index in [0.717, 1.165) is 23.4 Å². The quantitative estimate of drug-likeness (QED) is 0.868. The van der Waals surface area contributed by atoms with Crippen molar-refractivity contribution in [2.75, 3.05) is 32.5 Å². The van der Waals surface area contributed by atoms with Crippen LogP contribution in [0.1, 0.15) is 11.1 Å². The van der Waals surface area contributed by atoms with E-state index in [2.05, 4.69) is 10.3 Å². The number of aromatic nitrogens is 1. The summed E-state index contributed by atoms with van der Waals surface area (Å²) < 4.78 is 0. The summed E-state index contributed by atoms with van der Waals surface area (Å²) in [5.74, 6) is 0. The highest BCUT2D eigenvalue weighted by Gasteiger charge is 2.16. The van der Waals surface area contributed by atoms with Crippen molar-refractivity contribution in [2.45, 2.75) is 13.5 Å². The van der Waals surface area contributed by atoms with Crippen LogP contribution in [-0.2, 0) is 6.54 Å². The Morgan fingerprint density at radius 3 is 2.67 bits per heavy atom. The van der Waals surface area contributed by atoms with Crippen LogP contribution in [0, 0.1) is 6.92 Å². The number of hydrogen-bond acceptors (Lipinski definition) is 3. The predicted octanol–water partition coefficient (Wildman–Crippen LogP) is 3.64. The zero-order valence-corrected chi connectivity index (χ0v) is 15.0. The summed E-state index contributed by atoms with van der Waals surface area (Å²) in [6.45, 7) is 3.80. The number of nitrogens with zero attached hydrogens (tertiary/aromatic N) is 3. The lowest BCUT2D eigenvalue weighted by atomic mass is 10.2. The van der Waals surface area contributed by atoms with Crippen LogP contribution in [0.2, 0.25) is 5.02 Å². The molecule has 1 aromatic carbocycles. The van der Waals surface area contributed by atoms with Crippen molar-refractivity contribution in [2.24, 2.45) is 0 Å². The Kier molecular flexibility index (Phi) is 6.58. The number of likely N-dealkylation sites (N-methyl/N-ethyl adjacent to an activating group) is 1. The number of halogens is 1. The van der Waals surface area contributed by atoms with Crippen molar-refractivity contribution in [3.8, 4) is 0 Å². The van der Waals surface area contributed by atoms with Gasteiger partial charge in [-0.05, 0) is 50.3 Å². The molecule has 2 amide bonds. The van der Waals surface area contributed by atoms with Crippen molar-refractivity contribution < 1.29 is 4.79 Å². The number of nitrogens with one attached hydrogen (secondary N) is 1. The van der Waals surface area contributed by atoms with Crippen LogP contribution in [0.25, 0.3) is 0 Å². The van der Waals surface area contributed by atoms with Crippen LogP contribution in [-0.4, -0.2) is 48.0 Å². The molecule has 2 aromatic rings. The molecule has 0 bridgehead atoms. The van der Waals surface area contributed by atoms with E-state index in [-0.39, 0.29) is 6.03 Å². The smallest absolute Gasteiger partial charge is 0.319 e. The Hall–Kier alpha value is -2.11. The van der Waals surface area contributed by atoms with Gasteiger partial charge in [0.15, 0.2) is 0 Å². The summed E-state index contributed by atoms with van der Waals surface area (Å²) >= 11 is 6.13. The third-order valence-electron chi connectivity index (χ3n) is 3.71. The highest BCUT2D eigenvalue weighted by Crippen LogP contribution is 2.23. The predicted molar refractivity (Wildman–Crippen MR) is 98.4 cm³/mol. The Balaban J connectivity index is 2.12. The first-order valence-electron chi connectivity index (χ1n) is 7.82. The van der Waals surface area contributed by atoms with Gasteiger partial charge < -0.3 is 15.1 Å². The lowest BCUT2D eigenvalue weighted by Crippen LogP contribution is -2.39. The van der Waals surface area contributed by atoms with Crippen LogP contribution in [0.15, 0.2) is 42.7 Å². The SMILES string of the molecule is Cc1c(Cl)cccc1NC(=O)N(CCN(C)C)Cc1cccnc1. The maximum absolute atomic E-state index is 12.7. The third-order valence-corrected chi connectivity index (χ3v) is 4.12. The number of amides is 2. The molecule has 0 radical (unpaired) electrons. The van der Waals surface area contributed by atoms with Crippen molar-refractivity contribution in [3.63, 3.8) is 0 Å². The van der Waals surface area contributed by atoms with Crippen LogP contribution < -0.4 is 5.32 Å². The second kappa shape index (κ2) is 8.66. The normalized spacial score (nSPS) is 10.7. The molecule has 0 aliphatic heterocycles. The average molecular weight is 347 g/mol. The first kappa shape index (κ1) is 18.2. The highest BCUT2D eigenvalue weighted by atomic mass is 35.5. The molecular formula is C18H23ClN4O. The fourth-order valence-electron chi connectivity index (χ4n) is 2.22. The number of carbonyl (C=O) groups excluding carboxylic acids is 1. The molecule has 0 aliphatic rings. The van der Waals surface area contributed by atoms with Crippen molar-refractivity contribution in [1.29, 1.82) is 0 Å². The molecule has 0 unspecified atom stereocenters. The lowest BCUT2D eigenvalue weighted by molar-refractivity contribution is 0.202. The Labute approximate surface area is 148 Å². The molecule has 0 saturated heterocycles. The van der Waals surface area contributed by atoms with Gasteiger partial charge in [-0.1, -0.05) is 23.7 Å². The lowest BCUT2D eigenvalue weighted by Gasteiger charge is -2.25. The maximum atomic E-state index is 12.7. The molecule has 1 heterocycles. The van der Waals surface area contributed by atoms with Gasteiger partial charge >= 0.3 is 6.03 Å². The molecule has 6 heteroatoms. The minimum Gasteiger partial charge on any atom is -0.319 e. The Bertz CT molecular complexity index is 676. The summed E-state index contributed by atoms with van der Waals surface area (Å²) in [6, 6.07) is 9.19. The van der Waals surface area contributed by atoms with E-state index in [4.69, 9.17) is 11.6 Å². The standard InChI is InChI=1S/C18H23ClN4O/c1-14-16(19)7-4-8-17(14)21-18(24)23(11-10-22(2)3)13-15-6-5-9-20-12-15/h4-9,12H,10-11,13H2,1-3H3,(H,21,24). The van der Waals surface area contributed by atoms with E-state index in [1.165, 1.54) is 0 Å². The summed E-state index contributed by atoms with van der Waals surface area (Å²) in [6.07, 6.45) is 3.50. The molecule has 2 rings (SSSR count). The van der Waals surface area contributed by atoms with Gasteiger partial charge in [-0.2, -0.15) is 0 Å². The first-order chi connectivity index (χ1) is 11.5. The molecule has 0 fully saturated rings. The van der Waals surface area contributed by atoms with Crippen LogP contribution in [0.5, 0.6) is 0 Å². The molecule has 0 spiro atoms. The molecule has 128 valence electrons. The summed E-state index contributed by atoms with van der Waals surface area (Å²) in [4.78, 5) is 20.7. The Morgan fingerprint density at radius 1 is 1.21 bits per heavy atom. The highest BCUT2D eigenvalue weighted by molar-refractivity contribution is 6.31. The number of carbonyl (C=O) groups is 1. The minimum atomic E-state index is -0.147.